The van der Waals surface area contributed by atoms with Crippen molar-refractivity contribution in [2.24, 2.45) is 0 Å². The summed E-state index contributed by atoms with van der Waals surface area (Å²) < 4.78 is 0. The molecule has 0 aliphatic rings. The van der Waals surface area contributed by atoms with Crippen LogP contribution in [-0.4, -0.2) is 17.0 Å². The van der Waals surface area contributed by atoms with Crippen molar-refractivity contribution in [3.05, 3.63) is 53.5 Å². The molecule has 0 saturated heterocycles. The van der Waals surface area contributed by atoms with Gasteiger partial charge in [-0.2, -0.15) is 0 Å². The van der Waals surface area contributed by atoms with Crippen molar-refractivity contribution in [3.8, 4) is 0 Å². The quantitative estimate of drug-likeness (QED) is 0.859. The van der Waals surface area contributed by atoms with Crippen LogP contribution < -0.4 is 11.1 Å². The first-order valence-electron chi connectivity index (χ1n) is 5.99. The largest absolute Gasteiger partial charge is 0.383 e. The summed E-state index contributed by atoms with van der Waals surface area (Å²) in [6.45, 7) is 2.09. The molecule has 94 valence electrons. The maximum atomic E-state index is 5.89. The number of nitrogen functional groups attached to an aromatic ring is 1. The highest BCUT2D eigenvalue weighted by atomic mass is 14.9. The molecule has 0 aromatic carbocycles. The molecule has 4 nitrogen and oxygen atoms in total. The summed E-state index contributed by atoms with van der Waals surface area (Å²) in [5.74, 6) is 0.597. The average Bonchev–Trinajstić information content (AvgIpc) is 2.39. The third-order valence-electron chi connectivity index (χ3n) is 3.15. The number of nitrogens with one attached hydrogen (secondary N) is 1. The summed E-state index contributed by atoms with van der Waals surface area (Å²) >= 11 is 0. The molecule has 18 heavy (non-hydrogen) atoms. The number of anilines is 1. The van der Waals surface area contributed by atoms with Crippen molar-refractivity contribution >= 4 is 5.82 Å². The van der Waals surface area contributed by atoms with Crippen LogP contribution in [0.25, 0.3) is 0 Å². The number of likely N-dealkylation sites (N-methyl/N-ethyl adjacent to an activating group) is 1. The van der Waals surface area contributed by atoms with E-state index in [0.717, 1.165) is 12.0 Å². The highest BCUT2D eigenvalue weighted by Gasteiger charge is 2.14. The SMILES string of the molecule is CNC(Cc1cccnc1N)c1cnccc1C. The fourth-order valence-corrected chi connectivity index (χ4v) is 2.05. The molecule has 0 amide bonds. The van der Waals surface area contributed by atoms with Gasteiger partial charge in [-0.15, -0.1) is 0 Å². The van der Waals surface area contributed by atoms with E-state index in [1.807, 2.05) is 37.6 Å². The topological polar surface area (TPSA) is 63.8 Å². The van der Waals surface area contributed by atoms with E-state index < -0.39 is 0 Å². The van der Waals surface area contributed by atoms with Gasteiger partial charge in [0.15, 0.2) is 0 Å². The van der Waals surface area contributed by atoms with Crippen LogP contribution in [-0.2, 0) is 6.42 Å². The number of pyridine rings is 2. The molecule has 0 bridgehead atoms. The van der Waals surface area contributed by atoms with Gasteiger partial charge in [0.25, 0.3) is 0 Å². The number of aryl methyl sites for hydroxylation is 1. The van der Waals surface area contributed by atoms with E-state index in [9.17, 15) is 0 Å². The number of aromatic nitrogens is 2. The number of rotatable bonds is 4. The first-order chi connectivity index (χ1) is 8.72. The predicted molar refractivity (Wildman–Crippen MR) is 73.1 cm³/mol. The normalized spacial score (nSPS) is 12.3. The van der Waals surface area contributed by atoms with E-state index in [4.69, 9.17) is 5.73 Å². The van der Waals surface area contributed by atoms with Crippen LogP contribution in [0.1, 0.15) is 22.7 Å². The molecule has 0 spiro atoms. The van der Waals surface area contributed by atoms with E-state index in [1.165, 1.54) is 11.1 Å². The van der Waals surface area contributed by atoms with E-state index in [1.54, 1.807) is 6.20 Å². The van der Waals surface area contributed by atoms with Gasteiger partial charge in [0.1, 0.15) is 5.82 Å². The Bertz CT molecular complexity index is 525. The van der Waals surface area contributed by atoms with Gasteiger partial charge in [0.05, 0.1) is 0 Å². The molecular formula is C14H18N4. The summed E-state index contributed by atoms with van der Waals surface area (Å²) in [5.41, 5.74) is 9.37. The van der Waals surface area contributed by atoms with Crippen LogP contribution in [0.5, 0.6) is 0 Å². The van der Waals surface area contributed by atoms with Crippen LogP contribution in [0.4, 0.5) is 5.82 Å². The molecule has 3 N–H and O–H groups in total. The number of hydrogen-bond donors (Lipinski definition) is 2. The molecule has 0 saturated carbocycles. The van der Waals surface area contributed by atoms with E-state index in [0.29, 0.717) is 5.82 Å². The molecule has 2 aromatic rings. The second-order valence-electron chi connectivity index (χ2n) is 4.33. The fraction of sp³-hybridized carbons (Fsp3) is 0.286. The Morgan fingerprint density at radius 1 is 1.33 bits per heavy atom. The van der Waals surface area contributed by atoms with Crippen LogP contribution in [0.3, 0.4) is 0 Å². The third kappa shape index (κ3) is 2.65. The van der Waals surface area contributed by atoms with Gasteiger partial charge in [-0.05, 0) is 49.2 Å². The van der Waals surface area contributed by atoms with Crippen LogP contribution in [0, 0.1) is 6.92 Å². The average molecular weight is 242 g/mol. The molecule has 2 rings (SSSR count). The maximum absolute atomic E-state index is 5.89. The van der Waals surface area contributed by atoms with Crippen LogP contribution in [0.15, 0.2) is 36.8 Å². The Kier molecular flexibility index (Phi) is 3.89. The maximum Gasteiger partial charge on any atom is 0.126 e. The number of nitrogens with two attached hydrogens (primary N) is 1. The summed E-state index contributed by atoms with van der Waals surface area (Å²) in [4.78, 5) is 8.31. The smallest absolute Gasteiger partial charge is 0.126 e. The van der Waals surface area contributed by atoms with Gasteiger partial charge in [-0.25, -0.2) is 4.98 Å². The Hall–Kier alpha value is -1.94. The third-order valence-corrected chi connectivity index (χ3v) is 3.15. The zero-order valence-electron chi connectivity index (χ0n) is 10.7. The number of nitrogens with zero attached hydrogens (tertiary/aromatic N) is 2. The molecule has 4 heteroatoms. The van der Waals surface area contributed by atoms with E-state index >= 15 is 0 Å². The van der Waals surface area contributed by atoms with Crippen molar-refractivity contribution in [2.75, 3.05) is 12.8 Å². The molecule has 0 radical (unpaired) electrons. The van der Waals surface area contributed by atoms with Crippen molar-refractivity contribution in [1.82, 2.24) is 15.3 Å². The van der Waals surface area contributed by atoms with E-state index in [2.05, 4.69) is 22.2 Å². The monoisotopic (exact) mass is 242 g/mol. The first-order valence-corrected chi connectivity index (χ1v) is 5.99. The van der Waals surface area contributed by atoms with Crippen LogP contribution >= 0.6 is 0 Å². The Balaban J connectivity index is 2.26. The minimum atomic E-state index is 0.199. The summed E-state index contributed by atoms with van der Waals surface area (Å²) in [5, 5.41) is 3.31. The molecular weight excluding hydrogens is 224 g/mol. The lowest BCUT2D eigenvalue weighted by atomic mass is 9.97. The number of hydrogen-bond acceptors (Lipinski definition) is 4. The Labute approximate surface area is 107 Å². The standard InChI is InChI=1S/C14H18N4/c1-10-5-7-17-9-12(10)13(16-2)8-11-4-3-6-18-14(11)15/h3-7,9,13,16H,8H2,1-2H3,(H2,15,18). The highest BCUT2D eigenvalue weighted by molar-refractivity contribution is 5.40. The minimum Gasteiger partial charge on any atom is -0.383 e. The van der Waals surface area contributed by atoms with Gasteiger partial charge >= 0.3 is 0 Å². The fourth-order valence-electron chi connectivity index (χ4n) is 2.05. The minimum absolute atomic E-state index is 0.199. The summed E-state index contributed by atoms with van der Waals surface area (Å²) in [7, 11) is 1.95. The van der Waals surface area contributed by atoms with Gasteiger partial charge < -0.3 is 11.1 Å². The zero-order chi connectivity index (χ0) is 13.0. The summed E-state index contributed by atoms with van der Waals surface area (Å²) in [6.07, 6.45) is 6.23. The first kappa shape index (κ1) is 12.5. The van der Waals surface area contributed by atoms with Gasteiger partial charge in [0.2, 0.25) is 0 Å². The molecule has 2 aromatic heterocycles. The lowest BCUT2D eigenvalue weighted by molar-refractivity contribution is 0.587. The Morgan fingerprint density at radius 2 is 2.17 bits per heavy atom. The predicted octanol–water partition coefficient (Wildman–Crippen LogP) is 1.87. The van der Waals surface area contributed by atoms with Gasteiger partial charge in [-0.1, -0.05) is 6.07 Å². The molecule has 2 heterocycles. The van der Waals surface area contributed by atoms with Crippen molar-refractivity contribution in [1.29, 1.82) is 0 Å². The van der Waals surface area contributed by atoms with Crippen molar-refractivity contribution in [3.63, 3.8) is 0 Å². The van der Waals surface area contributed by atoms with Gasteiger partial charge in [-0.3, -0.25) is 4.98 Å². The highest BCUT2D eigenvalue weighted by Crippen LogP contribution is 2.22. The second-order valence-corrected chi connectivity index (χ2v) is 4.33. The van der Waals surface area contributed by atoms with Crippen molar-refractivity contribution in [2.45, 2.75) is 19.4 Å². The summed E-state index contributed by atoms with van der Waals surface area (Å²) in [6, 6.07) is 6.14. The van der Waals surface area contributed by atoms with E-state index in [-0.39, 0.29) is 6.04 Å². The molecule has 0 fully saturated rings. The van der Waals surface area contributed by atoms with Gasteiger partial charge in [0, 0.05) is 24.6 Å². The Morgan fingerprint density at radius 3 is 2.83 bits per heavy atom. The second kappa shape index (κ2) is 5.60. The molecule has 0 aliphatic carbocycles. The lowest BCUT2D eigenvalue weighted by Crippen LogP contribution is -2.20. The van der Waals surface area contributed by atoms with Crippen LogP contribution in [0.2, 0.25) is 0 Å². The van der Waals surface area contributed by atoms with Crippen molar-refractivity contribution < 1.29 is 0 Å². The zero-order valence-corrected chi connectivity index (χ0v) is 10.7. The lowest BCUT2D eigenvalue weighted by Gasteiger charge is -2.19. The molecule has 0 aliphatic heterocycles. The molecule has 1 unspecified atom stereocenters. The molecule has 1 atom stereocenters.